The number of fused-ring (bicyclic) bond motifs is 1. The number of hydrogen-bond acceptors (Lipinski definition) is 5. The van der Waals surface area contributed by atoms with Crippen molar-refractivity contribution in [3.05, 3.63) is 21.4 Å². The third-order valence-electron chi connectivity index (χ3n) is 3.39. The van der Waals surface area contributed by atoms with E-state index in [1.54, 1.807) is 6.07 Å². The van der Waals surface area contributed by atoms with Crippen molar-refractivity contribution in [3.63, 3.8) is 0 Å². The minimum atomic E-state index is -0.505. The van der Waals surface area contributed by atoms with E-state index in [0.29, 0.717) is 16.2 Å². The Hall–Kier alpha value is -1.18. The number of halogens is 3. The first-order valence-electron chi connectivity index (χ1n) is 6.46. The van der Waals surface area contributed by atoms with Crippen molar-refractivity contribution in [2.45, 2.75) is 0 Å². The highest BCUT2D eigenvalue weighted by atomic mass is 79.9. The van der Waals surface area contributed by atoms with Crippen LogP contribution in [0.4, 0.5) is 10.2 Å². The van der Waals surface area contributed by atoms with Gasteiger partial charge in [-0.15, -0.1) is 0 Å². The van der Waals surface area contributed by atoms with E-state index in [9.17, 15) is 4.39 Å². The molecule has 0 unspecified atom stereocenters. The molecule has 1 aliphatic heterocycles. The molecular weight excluding hydrogens is 363 g/mol. The third kappa shape index (κ3) is 2.65. The molecule has 0 atom stereocenters. The molecule has 1 aromatic carbocycles. The molecular formula is C13H13BrClFN4O. The smallest absolute Gasteiger partial charge is 0.318 e. The zero-order valence-electron chi connectivity index (χ0n) is 11.3. The van der Waals surface area contributed by atoms with Crippen LogP contribution in [0.3, 0.4) is 0 Å². The molecule has 1 fully saturated rings. The van der Waals surface area contributed by atoms with Crippen molar-refractivity contribution in [2.24, 2.45) is 0 Å². The van der Waals surface area contributed by atoms with Crippen LogP contribution in [-0.2, 0) is 0 Å². The molecule has 21 heavy (non-hydrogen) atoms. The zero-order valence-corrected chi connectivity index (χ0v) is 13.6. The number of aromatic nitrogens is 2. The summed E-state index contributed by atoms with van der Waals surface area (Å²) in [6.07, 6.45) is 0. The molecule has 0 radical (unpaired) electrons. The second kappa shape index (κ2) is 5.90. The van der Waals surface area contributed by atoms with Gasteiger partial charge in [0.25, 0.3) is 0 Å². The Bertz CT molecular complexity index is 694. The van der Waals surface area contributed by atoms with Gasteiger partial charge in [-0.25, -0.2) is 4.39 Å². The average molecular weight is 376 g/mol. The zero-order chi connectivity index (χ0) is 15.0. The summed E-state index contributed by atoms with van der Waals surface area (Å²) in [5.41, 5.74) is 0.201. The van der Waals surface area contributed by atoms with Crippen LogP contribution < -0.4 is 15.0 Å². The molecule has 2 aromatic rings. The molecule has 5 nitrogen and oxygen atoms in total. The topological polar surface area (TPSA) is 50.3 Å². The largest absolute Gasteiger partial charge is 0.467 e. The Balaban J connectivity index is 2.26. The first-order valence-corrected chi connectivity index (χ1v) is 7.64. The van der Waals surface area contributed by atoms with Crippen LogP contribution in [0.25, 0.3) is 10.9 Å². The maximum absolute atomic E-state index is 14.4. The highest BCUT2D eigenvalue weighted by Gasteiger charge is 2.21. The molecule has 1 aliphatic rings. The van der Waals surface area contributed by atoms with Crippen LogP contribution in [0.1, 0.15) is 0 Å². The van der Waals surface area contributed by atoms with E-state index >= 15 is 0 Å². The molecule has 0 bridgehead atoms. The summed E-state index contributed by atoms with van der Waals surface area (Å²) in [5.74, 6) is 0.140. The summed E-state index contributed by atoms with van der Waals surface area (Å²) in [7, 11) is 1.46. The number of rotatable bonds is 2. The number of methoxy groups -OCH3 is 1. The van der Waals surface area contributed by atoms with Gasteiger partial charge in [0, 0.05) is 31.6 Å². The van der Waals surface area contributed by atoms with Crippen molar-refractivity contribution in [2.75, 3.05) is 38.2 Å². The Morgan fingerprint density at radius 1 is 1.38 bits per heavy atom. The van der Waals surface area contributed by atoms with Crippen molar-refractivity contribution in [3.8, 4) is 6.01 Å². The summed E-state index contributed by atoms with van der Waals surface area (Å²) in [4.78, 5) is 10.6. The van der Waals surface area contributed by atoms with E-state index in [0.717, 1.165) is 26.2 Å². The summed E-state index contributed by atoms with van der Waals surface area (Å²) in [6, 6.07) is 1.82. The van der Waals surface area contributed by atoms with Crippen LogP contribution in [0.15, 0.2) is 10.5 Å². The van der Waals surface area contributed by atoms with E-state index in [1.165, 1.54) is 7.11 Å². The number of anilines is 1. The predicted octanol–water partition coefficient (Wildman–Crippen LogP) is 2.60. The number of ether oxygens (including phenoxy) is 1. The van der Waals surface area contributed by atoms with Crippen molar-refractivity contribution < 1.29 is 9.13 Å². The molecule has 3 rings (SSSR count). The van der Waals surface area contributed by atoms with Gasteiger partial charge in [-0.2, -0.15) is 9.97 Å². The Labute approximate surface area is 134 Å². The van der Waals surface area contributed by atoms with E-state index < -0.39 is 5.82 Å². The van der Waals surface area contributed by atoms with Gasteiger partial charge in [0.2, 0.25) is 0 Å². The molecule has 0 saturated carbocycles. The third-order valence-corrected chi connectivity index (χ3v) is 4.69. The molecule has 0 aliphatic carbocycles. The second-order valence-electron chi connectivity index (χ2n) is 4.65. The van der Waals surface area contributed by atoms with Gasteiger partial charge in [-0.3, -0.25) is 0 Å². The molecule has 2 heterocycles. The highest BCUT2D eigenvalue weighted by molar-refractivity contribution is 9.10. The summed E-state index contributed by atoms with van der Waals surface area (Å²) >= 11 is 9.21. The van der Waals surface area contributed by atoms with E-state index in [1.807, 2.05) is 0 Å². The van der Waals surface area contributed by atoms with Gasteiger partial charge in [0.15, 0.2) is 5.82 Å². The lowest BCUT2D eigenvalue weighted by Crippen LogP contribution is -2.44. The maximum Gasteiger partial charge on any atom is 0.318 e. The normalized spacial score (nSPS) is 15.5. The van der Waals surface area contributed by atoms with Crippen LogP contribution in [-0.4, -0.2) is 43.3 Å². The fourth-order valence-electron chi connectivity index (χ4n) is 2.35. The monoisotopic (exact) mass is 374 g/mol. The standard InChI is InChI=1S/C13H13BrClFN4O/c1-21-13-18-11-7(6-8(15)9(14)10(11)16)12(19-13)20-4-2-17-3-5-20/h6,17H,2-5H2,1H3. The van der Waals surface area contributed by atoms with Crippen LogP contribution in [0, 0.1) is 5.82 Å². The van der Waals surface area contributed by atoms with Crippen LogP contribution in [0.5, 0.6) is 6.01 Å². The van der Waals surface area contributed by atoms with Gasteiger partial charge in [0.05, 0.1) is 16.6 Å². The number of hydrogen-bond donors (Lipinski definition) is 1. The molecule has 1 N–H and O–H groups in total. The molecule has 1 saturated heterocycles. The Morgan fingerprint density at radius 3 is 2.76 bits per heavy atom. The number of piperazine rings is 1. The summed E-state index contributed by atoms with van der Waals surface area (Å²) in [6.45, 7) is 3.26. The van der Waals surface area contributed by atoms with Gasteiger partial charge >= 0.3 is 6.01 Å². The molecule has 112 valence electrons. The summed E-state index contributed by atoms with van der Waals surface area (Å²) in [5, 5.41) is 4.15. The number of nitrogens with one attached hydrogen (secondary N) is 1. The average Bonchev–Trinajstić information content (AvgIpc) is 2.53. The minimum Gasteiger partial charge on any atom is -0.467 e. The maximum atomic E-state index is 14.4. The molecule has 0 amide bonds. The van der Waals surface area contributed by atoms with Gasteiger partial charge in [0.1, 0.15) is 11.3 Å². The lowest BCUT2D eigenvalue weighted by molar-refractivity contribution is 0.381. The predicted molar refractivity (Wildman–Crippen MR) is 83.8 cm³/mol. The fourth-order valence-corrected chi connectivity index (χ4v) is 2.84. The van der Waals surface area contributed by atoms with Gasteiger partial charge < -0.3 is 15.0 Å². The van der Waals surface area contributed by atoms with Crippen LogP contribution in [0.2, 0.25) is 5.02 Å². The van der Waals surface area contributed by atoms with Gasteiger partial charge in [-0.1, -0.05) is 11.6 Å². The minimum absolute atomic E-state index is 0.143. The van der Waals surface area contributed by atoms with E-state index in [-0.39, 0.29) is 16.0 Å². The van der Waals surface area contributed by atoms with Crippen LogP contribution >= 0.6 is 27.5 Å². The van der Waals surface area contributed by atoms with E-state index in [4.69, 9.17) is 16.3 Å². The lowest BCUT2D eigenvalue weighted by Gasteiger charge is -2.29. The van der Waals surface area contributed by atoms with E-state index in [2.05, 4.69) is 36.1 Å². The molecule has 1 aromatic heterocycles. The lowest BCUT2D eigenvalue weighted by atomic mass is 10.2. The quantitative estimate of drug-likeness (QED) is 0.818. The first-order chi connectivity index (χ1) is 10.1. The summed E-state index contributed by atoms with van der Waals surface area (Å²) < 4.78 is 19.7. The second-order valence-corrected chi connectivity index (χ2v) is 5.85. The highest BCUT2D eigenvalue weighted by Crippen LogP contribution is 2.36. The fraction of sp³-hybridized carbons (Fsp3) is 0.385. The Morgan fingerprint density at radius 2 is 2.10 bits per heavy atom. The first kappa shape index (κ1) is 14.7. The van der Waals surface area contributed by atoms with Crippen molar-refractivity contribution in [1.82, 2.24) is 15.3 Å². The SMILES string of the molecule is COc1nc(N2CCNCC2)c2cc(Cl)c(Br)c(F)c2n1. The molecule has 8 heteroatoms. The Kier molecular flexibility index (Phi) is 4.14. The number of benzene rings is 1. The van der Waals surface area contributed by atoms with Crippen molar-refractivity contribution in [1.29, 1.82) is 0 Å². The number of nitrogens with zero attached hydrogens (tertiary/aromatic N) is 3. The van der Waals surface area contributed by atoms with Crippen molar-refractivity contribution >= 4 is 44.3 Å². The van der Waals surface area contributed by atoms with Gasteiger partial charge in [-0.05, 0) is 22.0 Å². The molecule has 0 spiro atoms.